The van der Waals surface area contributed by atoms with E-state index in [0.717, 1.165) is 6.07 Å². The Balaban J connectivity index is 1.74. The van der Waals surface area contributed by atoms with Gasteiger partial charge in [-0.25, -0.2) is 17.8 Å². The highest BCUT2D eigenvalue weighted by atomic mass is 35.5. The third-order valence-electron chi connectivity index (χ3n) is 4.37. The lowest BCUT2D eigenvalue weighted by Gasteiger charge is -2.14. The third kappa shape index (κ3) is 3.39. The van der Waals surface area contributed by atoms with Crippen molar-refractivity contribution in [2.45, 2.75) is 11.8 Å². The van der Waals surface area contributed by atoms with Gasteiger partial charge in [0.2, 0.25) is 0 Å². The second-order valence-electron chi connectivity index (χ2n) is 6.29. The minimum Gasteiger partial charge on any atom is -0.383 e. The van der Waals surface area contributed by atoms with E-state index in [9.17, 15) is 12.8 Å². The molecular weight excluding hydrogens is 417 g/mol. The van der Waals surface area contributed by atoms with Gasteiger partial charge in [0.25, 0.3) is 10.0 Å². The van der Waals surface area contributed by atoms with Crippen molar-refractivity contribution in [3.05, 3.63) is 71.3 Å². The smallest absolute Gasteiger partial charge is 0.263 e. The number of nitrogens with one attached hydrogen (secondary N) is 1. The van der Waals surface area contributed by atoms with Gasteiger partial charge < -0.3 is 5.73 Å². The SMILES string of the molecule is Cc1nc2ccnn2c(N)c1-c1ccc(NS(=O)(=O)c2ccccc2Cl)cc1F. The maximum absolute atomic E-state index is 14.9. The highest BCUT2D eigenvalue weighted by molar-refractivity contribution is 7.92. The van der Waals surface area contributed by atoms with Crippen LogP contribution < -0.4 is 10.5 Å². The fourth-order valence-electron chi connectivity index (χ4n) is 3.07. The summed E-state index contributed by atoms with van der Waals surface area (Å²) in [5, 5.41) is 4.15. The van der Waals surface area contributed by atoms with E-state index in [0.29, 0.717) is 16.9 Å². The molecule has 0 aliphatic heterocycles. The zero-order valence-electron chi connectivity index (χ0n) is 15.1. The van der Waals surface area contributed by atoms with Crippen LogP contribution in [0.25, 0.3) is 16.8 Å². The standard InChI is InChI=1S/C19H15ClFN5O2S/c1-11-18(19(22)26-17(24-11)8-9-23-26)13-7-6-12(10-15(13)21)25-29(27,28)16-5-3-2-4-14(16)20/h2-10,25H,22H2,1H3. The van der Waals surface area contributed by atoms with Gasteiger partial charge in [-0.3, -0.25) is 4.72 Å². The van der Waals surface area contributed by atoms with Crippen LogP contribution in [0.3, 0.4) is 0 Å². The van der Waals surface area contributed by atoms with Crippen molar-refractivity contribution in [3.63, 3.8) is 0 Å². The average Bonchev–Trinajstić information content (AvgIpc) is 3.12. The highest BCUT2D eigenvalue weighted by Gasteiger charge is 2.20. The molecule has 0 saturated heterocycles. The normalized spacial score (nSPS) is 11.7. The van der Waals surface area contributed by atoms with Crippen LogP contribution in [0.4, 0.5) is 15.9 Å². The number of halogens is 2. The summed E-state index contributed by atoms with van der Waals surface area (Å²) in [4.78, 5) is 4.28. The highest BCUT2D eigenvalue weighted by Crippen LogP contribution is 2.33. The minimum absolute atomic E-state index is 0.0514. The molecule has 10 heteroatoms. The Labute approximate surface area is 171 Å². The summed E-state index contributed by atoms with van der Waals surface area (Å²) >= 11 is 5.96. The lowest BCUT2D eigenvalue weighted by molar-refractivity contribution is 0.601. The van der Waals surface area contributed by atoms with Crippen LogP contribution in [-0.4, -0.2) is 23.0 Å². The van der Waals surface area contributed by atoms with Crippen LogP contribution in [0.15, 0.2) is 59.6 Å². The topological polar surface area (TPSA) is 102 Å². The number of nitrogen functional groups attached to an aromatic ring is 1. The Morgan fingerprint density at radius 3 is 2.66 bits per heavy atom. The van der Waals surface area contributed by atoms with E-state index < -0.39 is 15.8 Å². The molecule has 2 aromatic heterocycles. The number of hydrogen-bond acceptors (Lipinski definition) is 5. The molecule has 0 radical (unpaired) electrons. The molecule has 148 valence electrons. The first-order valence-electron chi connectivity index (χ1n) is 8.45. The van der Waals surface area contributed by atoms with Crippen molar-refractivity contribution in [2.75, 3.05) is 10.5 Å². The van der Waals surface area contributed by atoms with Crippen LogP contribution in [0.1, 0.15) is 5.69 Å². The van der Waals surface area contributed by atoms with E-state index >= 15 is 0 Å². The van der Waals surface area contributed by atoms with Crippen molar-refractivity contribution >= 4 is 38.8 Å². The Bertz CT molecular complexity index is 1350. The molecule has 0 atom stereocenters. The molecule has 2 heterocycles. The molecule has 29 heavy (non-hydrogen) atoms. The molecule has 0 unspecified atom stereocenters. The molecule has 4 rings (SSSR count). The van der Waals surface area contributed by atoms with E-state index in [-0.39, 0.29) is 27.0 Å². The minimum atomic E-state index is -3.98. The van der Waals surface area contributed by atoms with E-state index in [2.05, 4.69) is 14.8 Å². The molecule has 3 N–H and O–H groups in total. The predicted molar refractivity (Wildman–Crippen MR) is 110 cm³/mol. The lowest BCUT2D eigenvalue weighted by Crippen LogP contribution is -2.13. The summed E-state index contributed by atoms with van der Waals surface area (Å²) in [6.07, 6.45) is 1.55. The number of sulfonamides is 1. The number of rotatable bonds is 4. The molecule has 4 aromatic rings. The Morgan fingerprint density at radius 2 is 1.93 bits per heavy atom. The Kier molecular flexibility index (Phi) is 4.64. The second-order valence-corrected chi connectivity index (χ2v) is 8.35. The van der Waals surface area contributed by atoms with Gasteiger partial charge >= 0.3 is 0 Å². The van der Waals surface area contributed by atoms with Crippen LogP contribution in [-0.2, 0) is 10.0 Å². The van der Waals surface area contributed by atoms with Crippen molar-refractivity contribution in [2.24, 2.45) is 0 Å². The number of aryl methyl sites for hydroxylation is 1. The van der Waals surface area contributed by atoms with Crippen LogP contribution in [0, 0.1) is 12.7 Å². The number of aromatic nitrogens is 3. The van der Waals surface area contributed by atoms with Gasteiger partial charge in [-0.15, -0.1) is 0 Å². The molecule has 0 aliphatic carbocycles. The first-order chi connectivity index (χ1) is 13.8. The van der Waals surface area contributed by atoms with Gasteiger partial charge in [0, 0.05) is 17.2 Å². The Hall–Kier alpha value is -3.17. The molecule has 0 spiro atoms. The molecule has 0 bridgehead atoms. The number of fused-ring (bicyclic) bond motifs is 1. The van der Waals surface area contributed by atoms with E-state index in [1.54, 1.807) is 31.3 Å². The maximum atomic E-state index is 14.9. The number of hydrogen-bond donors (Lipinski definition) is 2. The number of anilines is 2. The van der Waals surface area contributed by atoms with Gasteiger partial charge in [0.1, 0.15) is 16.5 Å². The van der Waals surface area contributed by atoms with Crippen LogP contribution >= 0.6 is 11.6 Å². The first-order valence-corrected chi connectivity index (χ1v) is 10.3. The van der Waals surface area contributed by atoms with Gasteiger partial charge in [-0.2, -0.15) is 9.61 Å². The summed E-state index contributed by atoms with van der Waals surface area (Å²) in [7, 11) is -3.98. The van der Waals surface area contributed by atoms with E-state index in [1.165, 1.54) is 28.8 Å². The molecular formula is C19H15ClFN5O2S. The fraction of sp³-hybridized carbons (Fsp3) is 0.0526. The van der Waals surface area contributed by atoms with Crippen LogP contribution in [0.5, 0.6) is 0 Å². The molecule has 0 aliphatic rings. The molecule has 0 amide bonds. The largest absolute Gasteiger partial charge is 0.383 e. The fourth-order valence-corrected chi connectivity index (χ4v) is 4.64. The van der Waals surface area contributed by atoms with Gasteiger partial charge in [-0.05, 0) is 37.3 Å². The van der Waals surface area contributed by atoms with Crippen molar-refractivity contribution in [3.8, 4) is 11.1 Å². The number of benzene rings is 2. The number of nitrogens with zero attached hydrogens (tertiary/aromatic N) is 3. The monoisotopic (exact) mass is 431 g/mol. The average molecular weight is 432 g/mol. The second kappa shape index (κ2) is 7.02. The zero-order valence-corrected chi connectivity index (χ0v) is 16.7. The quantitative estimate of drug-likeness (QED) is 0.510. The zero-order chi connectivity index (χ0) is 20.8. The van der Waals surface area contributed by atoms with Gasteiger partial charge in [0.05, 0.1) is 22.6 Å². The lowest BCUT2D eigenvalue weighted by atomic mass is 10.0. The van der Waals surface area contributed by atoms with E-state index in [1.807, 2.05) is 0 Å². The van der Waals surface area contributed by atoms with Gasteiger partial charge in [0.15, 0.2) is 5.65 Å². The van der Waals surface area contributed by atoms with E-state index in [4.69, 9.17) is 17.3 Å². The summed E-state index contributed by atoms with van der Waals surface area (Å²) in [6, 6.07) is 11.6. The molecule has 7 nitrogen and oxygen atoms in total. The van der Waals surface area contributed by atoms with Crippen molar-refractivity contribution < 1.29 is 12.8 Å². The molecule has 0 fully saturated rings. The first kappa shape index (κ1) is 19.2. The molecule has 2 aromatic carbocycles. The summed E-state index contributed by atoms with van der Waals surface area (Å²) in [6.45, 7) is 1.71. The summed E-state index contributed by atoms with van der Waals surface area (Å²) in [5.74, 6) is -0.423. The van der Waals surface area contributed by atoms with Gasteiger partial charge in [-0.1, -0.05) is 23.7 Å². The number of nitrogens with two attached hydrogens (primary N) is 1. The van der Waals surface area contributed by atoms with Crippen LogP contribution in [0.2, 0.25) is 5.02 Å². The predicted octanol–water partition coefficient (Wildman–Crippen LogP) is 3.88. The Morgan fingerprint density at radius 1 is 1.17 bits per heavy atom. The maximum Gasteiger partial charge on any atom is 0.263 e. The third-order valence-corrected chi connectivity index (χ3v) is 6.25. The summed E-state index contributed by atoms with van der Waals surface area (Å²) in [5.41, 5.74) is 7.87. The summed E-state index contributed by atoms with van der Waals surface area (Å²) < 4.78 is 43.8. The van der Waals surface area contributed by atoms with Crippen molar-refractivity contribution in [1.82, 2.24) is 14.6 Å². The molecule has 0 saturated carbocycles. The van der Waals surface area contributed by atoms with Crippen molar-refractivity contribution in [1.29, 1.82) is 0 Å².